The van der Waals surface area contributed by atoms with Gasteiger partial charge in [0.2, 0.25) is 5.91 Å². The summed E-state index contributed by atoms with van der Waals surface area (Å²) >= 11 is 0. The van der Waals surface area contributed by atoms with E-state index in [4.69, 9.17) is 0 Å². The molecule has 3 heteroatoms. The minimum absolute atomic E-state index is 0.0721. The maximum absolute atomic E-state index is 14.3. The molecule has 0 aliphatic carbocycles. The molecule has 1 amide bonds. The Bertz CT molecular complexity index is 416. The summed E-state index contributed by atoms with van der Waals surface area (Å²) in [5, 5.41) is 2.73. The van der Waals surface area contributed by atoms with E-state index < -0.39 is 5.67 Å². The first-order valence-corrected chi connectivity index (χ1v) is 7.50. The standard InChI is InChI=1S/C17H26FNO/c1-4-12-17(18,5-2)13-19-16(20)11-10-15-8-6-14(3)7-9-15/h6-9H,4-5,10-13H2,1-3H3,(H,19,20). The molecule has 0 heterocycles. The van der Waals surface area contributed by atoms with E-state index in [9.17, 15) is 9.18 Å². The fourth-order valence-corrected chi connectivity index (χ4v) is 2.20. The lowest BCUT2D eigenvalue weighted by Gasteiger charge is -2.23. The van der Waals surface area contributed by atoms with Crippen molar-refractivity contribution in [2.24, 2.45) is 0 Å². The Balaban J connectivity index is 2.35. The summed E-state index contributed by atoms with van der Waals surface area (Å²) in [7, 11) is 0. The predicted molar refractivity (Wildman–Crippen MR) is 81.5 cm³/mol. The van der Waals surface area contributed by atoms with Crippen LogP contribution in [0.3, 0.4) is 0 Å². The molecule has 20 heavy (non-hydrogen) atoms. The highest BCUT2D eigenvalue weighted by molar-refractivity contribution is 5.76. The van der Waals surface area contributed by atoms with Crippen LogP contribution in [-0.2, 0) is 11.2 Å². The Morgan fingerprint density at radius 2 is 1.90 bits per heavy atom. The van der Waals surface area contributed by atoms with E-state index in [-0.39, 0.29) is 12.5 Å². The number of hydrogen-bond donors (Lipinski definition) is 1. The number of hydrogen-bond acceptors (Lipinski definition) is 1. The molecular formula is C17H26FNO. The van der Waals surface area contributed by atoms with Crippen LogP contribution in [0.2, 0.25) is 0 Å². The molecule has 0 fully saturated rings. The van der Waals surface area contributed by atoms with Gasteiger partial charge in [-0.3, -0.25) is 4.79 Å². The average molecular weight is 279 g/mol. The van der Waals surface area contributed by atoms with Gasteiger partial charge in [0.15, 0.2) is 0 Å². The number of carbonyl (C=O) groups is 1. The maximum atomic E-state index is 14.3. The van der Waals surface area contributed by atoms with Crippen LogP contribution in [0.25, 0.3) is 0 Å². The third-order valence-electron chi connectivity index (χ3n) is 3.70. The zero-order valence-electron chi connectivity index (χ0n) is 12.8. The monoisotopic (exact) mass is 279 g/mol. The van der Waals surface area contributed by atoms with Crippen LogP contribution in [-0.4, -0.2) is 18.1 Å². The Hall–Kier alpha value is -1.38. The molecule has 0 radical (unpaired) electrons. The molecule has 1 aromatic carbocycles. The molecule has 0 aliphatic heterocycles. The zero-order valence-corrected chi connectivity index (χ0v) is 12.8. The fraction of sp³-hybridized carbons (Fsp3) is 0.588. The Morgan fingerprint density at radius 1 is 1.25 bits per heavy atom. The molecule has 1 atom stereocenters. The molecule has 112 valence electrons. The van der Waals surface area contributed by atoms with E-state index in [0.29, 0.717) is 25.7 Å². The van der Waals surface area contributed by atoms with Gasteiger partial charge >= 0.3 is 0 Å². The summed E-state index contributed by atoms with van der Waals surface area (Å²) in [4.78, 5) is 11.8. The summed E-state index contributed by atoms with van der Waals surface area (Å²) in [6.07, 6.45) is 2.85. The van der Waals surface area contributed by atoms with Crippen molar-refractivity contribution in [3.05, 3.63) is 35.4 Å². The quantitative estimate of drug-likeness (QED) is 0.766. The average Bonchev–Trinajstić information content (AvgIpc) is 2.45. The fourth-order valence-electron chi connectivity index (χ4n) is 2.20. The number of halogens is 1. The largest absolute Gasteiger partial charge is 0.353 e. The van der Waals surface area contributed by atoms with Crippen LogP contribution in [0.1, 0.15) is 50.7 Å². The van der Waals surface area contributed by atoms with Gasteiger partial charge in [-0.2, -0.15) is 0 Å². The van der Waals surface area contributed by atoms with Crippen LogP contribution in [0, 0.1) is 6.92 Å². The summed E-state index contributed by atoms with van der Waals surface area (Å²) in [6, 6.07) is 8.15. The van der Waals surface area contributed by atoms with Crippen molar-refractivity contribution in [1.29, 1.82) is 0 Å². The van der Waals surface area contributed by atoms with Crippen LogP contribution in [0.4, 0.5) is 4.39 Å². The van der Waals surface area contributed by atoms with Gasteiger partial charge in [-0.15, -0.1) is 0 Å². The van der Waals surface area contributed by atoms with E-state index in [0.717, 1.165) is 12.0 Å². The number of nitrogens with one attached hydrogen (secondary N) is 1. The smallest absolute Gasteiger partial charge is 0.220 e. The van der Waals surface area contributed by atoms with E-state index in [2.05, 4.69) is 5.32 Å². The van der Waals surface area contributed by atoms with Crippen molar-refractivity contribution < 1.29 is 9.18 Å². The number of rotatable bonds is 8. The van der Waals surface area contributed by atoms with Crippen molar-refractivity contribution in [3.63, 3.8) is 0 Å². The van der Waals surface area contributed by atoms with Crippen molar-refractivity contribution in [2.45, 2.75) is 58.5 Å². The highest BCUT2D eigenvalue weighted by atomic mass is 19.1. The van der Waals surface area contributed by atoms with Gasteiger partial charge in [0.25, 0.3) is 0 Å². The third kappa shape index (κ3) is 5.72. The molecular weight excluding hydrogens is 253 g/mol. The highest BCUT2D eigenvalue weighted by Gasteiger charge is 2.26. The zero-order chi connectivity index (χ0) is 15.0. The van der Waals surface area contributed by atoms with E-state index in [1.165, 1.54) is 5.56 Å². The van der Waals surface area contributed by atoms with Crippen molar-refractivity contribution in [1.82, 2.24) is 5.32 Å². The van der Waals surface area contributed by atoms with E-state index in [1.54, 1.807) is 0 Å². The molecule has 0 aromatic heterocycles. The maximum Gasteiger partial charge on any atom is 0.220 e. The second-order valence-electron chi connectivity index (χ2n) is 5.52. The normalized spacial score (nSPS) is 13.8. The second kappa shape index (κ2) is 8.03. The first-order valence-electron chi connectivity index (χ1n) is 7.50. The molecule has 0 saturated carbocycles. The summed E-state index contributed by atoms with van der Waals surface area (Å²) in [5.74, 6) is -0.0721. The summed E-state index contributed by atoms with van der Waals surface area (Å²) in [6.45, 7) is 5.96. The van der Waals surface area contributed by atoms with Gasteiger partial charge in [-0.25, -0.2) is 4.39 Å². The van der Waals surface area contributed by atoms with Crippen LogP contribution >= 0.6 is 0 Å². The number of carbonyl (C=O) groups excluding carboxylic acids is 1. The number of aryl methyl sites for hydroxylation is 2. The third-order valence-corrected chi connectivity index (χ3v) is 3.70. The first kappa shape index (κ1) is 16.7. The van der Waals surface area contributed by atoms with Gasteiger partial charge in [-0.1, -0.05) is 50.1 Å². The molecule has 2 nitrogen and oxygen atoms in total. The minimum Gasteiger partial charge on any atom is -0.353 e. The Labute approximate surface area is 121 Å². The van der Waals surface area contributed by atoms with E-state index >= 15 is 0 Å². The lowest BCUT2D eigenvalue weighted by molar-refractivity contribution is -0.121. The lowest BCUT2D eigenvalue weighted by Crippen LogP contribution is -2.39. The van der Waals surface area contributed by atoms with Gasteiger partial charge in [0, 0.05) is 6.42 Å². The van der Waals surface area contributed by atoms with Gasteiger partial charge < -0.3 is 5.32 Å². The number of amides is 1. The molecule has 1 N–H and O–H groups in total. The van der Waals surface area contributed by atoms with Crippen molar-refractivity contribution in [3.8, 4) is 0 Å². The molecule has 1 aromatic rings. The van der Waals surface area contributed by atoms with Gasteiger partial charge in [-0.05, 0) is 31.7 Å². The Morgan fingerprint density at radius 3 is 2.45 bits per heavy atom. The summed E-state index contributed by atoms with van der Waals surface area (Å²) < 4.78 is 14.3. The molecule has 0 saturated heterocycles. The highest BCUT2D eigenvalue weighted by Crippen LogP contribution is 2.21. The van der Waals surface area contributed by atoms with Gasteiger partial charge in [0.05, 0.1) is 6.54 Å². The molecule has 0 bridgehead atoms. The molecule has 0 aliphatic rings. The van der Waals surface area contributed by atoms with E-state index in [1.807, 2.05) is 45.0 Å². The SMILES string of the molecule is CCCC(F)(CC)CNC(=O)CCc1ccc(C)cc1. The Kier molecular flexibility index (Phi) is 6.69. The molecule has 0 spiro atoms. The minimum atomic E-state index is -1.26. The number of benzene rings is 1. The van der Waals surface area contributed by atoms with Gasteiger partial charge in [0.1, 0.15) is 5.67 Å². The van der Waals surface area contributed by atoms with Crippen molar-refractivity contribution in [2.75, 3.05) is 6.54 Å². The topological polar surface area (TPSA) is 29.1 Å². The number of alkyl halides is 1. The van der Waals surface area contributed by atoms with Crippen molar-refractivity contribution >= 4 is 5.91 Å². The summed E-state index contributed by atoms with van der Waals surface area (Å²) in [5.41, 5.74) is 1.10. The second-order valence-corrected chi connectivity index (χ2v) is 5.52. The van der Waals surface area contributed by atoms with Crippen LogP contribution < -0.4 is 5.32 Å². The molecule has 1 unspecified atom stereocenters. The van der Waals surface area contributed by atoms with Crippen LogP contribution in [0.15, 0.2) is 24.3 Å². The predicted octanol–water partition coefficient (Wildman–Crippen LogP) is 3.96. The first-order chi connectivity index (χ1) is 9.49. The molecule has 1 rings (SSSR count). The lowest BCUT2D eigenvalue weighted by atomic mass is 9.97. The van der Waals surface area contributed by atoms with Crippen LogP contribution in [0.5, 0.6) is 0 Å².